The number of ether oxygens (including phenoxy) is 1. The van der Waals surface area contributed by atoms with E-state index in [4.69, 9.17) is 4.74 Å². The first kappa shape index (κ1) is 14.5. The molecule has 21 heavy (non-hydrogen) atoms. The van der Waals surface area contributed by atoms with Gasteiger partial charge in [0.25, 0.3) is 5.91 Å². The summed E-state index contributed by atoms with van der Waals surface area (Å²) in [6.45, 7) is 5.46. The third-order valence-corrected chi connectivity index (χ3v) is 4.29. The fourth-order valence-corrected chi connectivity index (χ4v) is 2.83. The summed E-state index contributed by atoms with van der Waals surface area (Å²) < 4.78 is 5.79. The second-order valence-corrected chi connectivity index (χ2v) is 6.37. The molecule has 1 N–H and O–H groups in total. The average Bonchev–Trinajstić information content (AvgIpc) is 3.32. The second kappa shape index (κ2) is 6.16. The fraction of sp³-hybridized carbons (Fsp3) is 0.588. The molecule has 0 bridgehead atoms. The zero-order valence-electron chi connectivity index (χ0n) is 12.7. The highest BCUT2D eigenvalue weighted by molar-refractivity contribution is 5.85. The van der Waals surface area contributed by atoms with Gasteiger partial charge in [-0.05, 0) is 31.2 Å². The van der Waals surface area contributed by atoms with Crippen LogP contribution in [0.25, 0.3) is 0 Å². The molecular formula is C17H24N2O2. The van der Waals surface area contributed by atoms with Crippen molar-refractivity contribution in [3.05, 3.63) is 35.9 Å². The van der Waals surface area contributed by atoms with Gasteiger partial charge in [-0.2, -0.15) is 0 Å². The maximum absolute atomic E-state index is 12.9. The van der Waals surface area contributed by atoms with Crippen LogP contribution < -0.4 is 5.32 Å². The van der Waals surface area contributed by atoms with Crippen molar-refractivity contribution >= 4 is 5.91 Å². The van der Waals surface area contributed by atoms with Crippen LogP contribution in [0.2, 0.25) is 0 Å². The molecule has 1 aromatic rings. The van der Waals surface area contributed by atoms with Crippen LogP contribution in [0.15, 0.2) is 30.3 Å². The lowest BCUT2D eigenvalue weighted by atomic mass is 10.0. The molecule has 2 aliphatic rings. The van der Waals surface area contributed by atoms with E-state index < -0.39 is 5.60 Å². The summed E-state index contributed by atoms with van der Waals surface area (Å²) >= 11 is 0. The SMILES string of the molecule is CC1(C(=O)N(Cc2ccccc2)CC2CC2)CNCCO1. The molecule has 0 aromatic heterocycles. The van der Waals surface area contributed by atoms with Gasteiger partial charge in [0.15, 0.2) is 5.60 Å². The molecule has 1 unspecified atom stereocenters. The number of nitrogens with zero attached hydrogens (tertiary/aromatic N) is 1. The monoisotopic (exact) mass is 288 g/mol. The van der Waals surface area contributed by atoms with Gasteiger partial charge in [-0.1, -0.05) is 30.3 Å². The van der Waals surface area contributed by atoms with Crippen LogP contribution in [0.4, 0.5) is 0 Å². The van der Waals surface area contributed by atoms with Crippen molar-refractivity contribution in [1.82, 2.24) is 10.2 Å². The number of nitrogens with one attached hydrogen (secondary N) is 1. The summed E-state index contributed by atoms with van der Waals surface area (Å²) in [6, 6.07) is 10.2. The summed E-state index contributed by atoms with van der Waals surface area (Å²) in [5, 5.41) is 3.27. The summed E-state index contributed by atoms with van der Waals surface area (Å²) in [4.78, 5) is 14.9. The minimum absolute atomic E-state index is 0.116. The number of amides is 1. The van der Waals surface area contributed by atoms with Crippen LogP contribution in [-0.4, -0.2) is 42.6 Å². The summed E-state index contributed by atoms with van der Waals surface area (Å²) in [5.41, 5.74) is 0.459. The van der Waals surface area contributed by atoms with Crippen LogP contribution in [0.1, 0.15) is 25.3 Å². The molecule has 2 fully saturated rings. The average molecular weight is 288 g/mol. The summed E-state index contributed by atoms with van der Waals surface area (Å²) in [7, 11) is 0. The van der Waals surface area contributed by atoms with Crippen LogP contribution >= 0.6 is 0 Å². The normalized spacial score (nSPS) is 25.6. The van der Waals surface area contributed by atoms with Crippen LogP contribution in [-0.2, 0) is 16.1 Å². The van der Waals surface area contributed by atoms with E-state index in [0.717, 1.165) is 13.1 Å². The minimum Gasteiger partial charge on any atom is -0.363 e. The molecular weight excluding hydrogens is 264 g/mol. The number of rotatable bonds is 5. The first-order chi connectivity index (χ1) is 10.2. The van der Waals surface area contributed by atoms with E-state index in [2.05, 4.69) is 17.4 Å². The Balaban J connectivity index is 1.72. The van der Waals surface area contributed by atoms with Gasteiger partial charge in [0.05, 0.1) is 6.61 Å². The Hall–Kier alpha value is -1.39. The zero-order valence-corrected chi connectivity index (χ0v) is 12.7. The largest absolute Gasteiger partial charge is 0.363 e. The van der Waals surface area contributed by atoms with E-state index in [1.807, 2.05) is 30.0 Å². The van der Waals surface area contributed by atoms with Crippen molar-refractivity contribution in [1.29, 1.82) is 0 Å². The van der Waals surface area contributed by atoms with Gasteiger partial charge in [0.2, 0.25) is 0 Å². The molecule has 1 aliphatic carbocycles. The van der Waals surface area contributed by atoms with Crippen molar-refractivity contribution in [3.8, 4) is 0 Å². The molecule has 1 heterocycles. The minimum atomic E-state index is -0.720. The third kappa shape index (κ3) is 3.63. The van der Waals surface area contributed by atoms with Gasteiger partial charge in [0.1, 0.15) is 0 Å². The number of benzene rings is 1. The van der Waals surface area contributed by atoms with Gasteiger partial charge in [-0.15, -0.1) is 0 Å². The van der Waals surface area contributed by atoms with E-state index in [9.17, 15) is 4.79 Å². The number of hydrogen-bond donors (Lipinski definition) is 1. The Morgan fingerprint density at radius 1 is 1.38 bits per heavy atom. The van der Waals surface area contributed by atoms with Crippen molar-refractivity contribution in [2.75, 3.05) is 26.2 Å². The number of carbonyl (C=O) groups is 1. The van der Waals surface area contributed by atoms with Gasteiger partial charge < -0.3 is 15.0 Å². The number of carbonyl (C=O) groups excluding carboxylic acids is 1. The molecule has 0 spiro atoms. The van der Waals surface area contributed by atoms with Crippen molar-refractivity contribution in [3.63, 3.8) is 0 Å². The van der Waals surface area contributed by atoms with Crippen molar-refractivity contribution in [2.24, 2.45) is 5.92 Å². The molecule has 4 heteroatoms. The highest BCUT2D eigenvalue weighted by Gasteiger charge is 2.40. The Kier molecular flexibility index (Phi) is 4.27. The summed E-state index contributed by atoms with van der Waals surface area (Å²) in [5.74, 6) is 0.795. The van der Waals surface area contributed by atoms with Gasteiger partial charge in [-0.3, -0.25) is 4.79 Å². The lowest BCUT2D eigenvalue weighted by molar-refractivity contribution is -0.160. The van der Waals surface area contributed by atoms with Crippen molar-refractivity contribution < 1.29 is 9.53 Å². The third-order valence-electron chi connectivity index (χ3n) is 4.29. The maximum Gasteiger partial charge on any atom is 0.256 e. The van der Waals surface area contributed by atoms with Gasteiger partial charge >= 0.3 is 0 Å². The zero-order chi connectivity index (χ0) is 14.7. The van der Waals surface area contributed by atoms with E-state index in [-0.39, 0.29) is 5.91 Å². The van der Waals surface area contributed by atoms with E-state index in [1.165, 1.54) is 18.4 Å². The topological polar surface area (TPSA) is 41.6 Å². The quantitative estimate of drug-likeness (QED) is 0.898. The standard InChI is InChI=1S/C17H24N2O2/c1-17(13-18-9-10-21-17)16(20)19(12-15-7-8-15)11-14-5-3-2-4-6-14/h2-6,15,18H,7-13H2,1H3. The lowest BCUT2D eigenvalue weighted by Gasteiger charge is -2.37. The first-order valence-corrected chi connectivity index (χ1v) is 7.85. The van der Waals surface area contributed by atoms with E-state index >= 15 is 0 Å². The molecule has 0 radical (unpaired) electrons. The number of hydrogen-bond acceptors (Lipinski definition) is 3. The predicted molar refractivity (Wildman–Crippen MR) is 81.8 cm³/mol. The Morgan fingerprint density at radius 3 is 2.76 bits per heavy atom. The van der Waals surface area contributed by atoms with Crippen LogP contribution in [0, 0.1) is 5.92 Å². The van der Waals surface area contributed by atoms with Crippen LogP contribution in [0.3, 0.4) is 0 Å². The molecule has 3 rings (SSSR count). The Labute approximate surface area is 126 Å². The van der Waals surface area contributed by atoms with Gasteiger partial charge in [-0.25, -0.2) is 0 Å². The molecule has 4 nitrogen and oxygen atoms in total. The molecule has 114 valence electrons. The molecule has 1 saturated heterocycles. The first-order valence-electron chi connectivity index (χ1n) is 7.85. The van der Waals surface area contributed by atoms with Crippen molar-refractivity contribution in [2.45, 2.75) is 31.9 Å². The highest BCUT2D eigenvalue weighted by atomic mass is 16.5. The lowest BCUT2D eigenvalue weighted by Crippen LogP contribution is -2.58. The van der Waals surface area contributed by atoms with Gasteiger partial charge in [0, 0.05) is 26.2 Å². The Morgan fingerprint density at radius 2 is 2.14 bits per heavy atom. The fourth-order valence-electron chi connectivity index (χ4n) is 2.83. The summed E-state index contributed by atoms with van der Waals surface area (Å²) in [6.07, 6.45) is 2.49. The molecule has 1 amide bonds. The maximum atomic E-state index is 12.9. The highest BCUT2D eigenvalue weighted by Crippen LogP contribution is 2.31. The van der Waals surface area contributed by atoms with E-state index in [0.29, 0.717) is 25.6 Å². The smallest absolute Gasteiger partial charge is 0.256 e. The van der Waals surface area contributed by atoms with E-state index in [1.54, 1.807) is 0 Å². The predicted octanol–water partition coefficient (Wildman–Crippen LogP) is 1.80. The molecule has 1 aliphatic heterocycles. The molecule has 1 aromatic carbocycles. The Bertz CT molecular complexity index is 479. The molecule has 1 saturated carbocycles. The molecule has 1 atom stereocenters. The van der Waals surface area contributed by atoms with Crippen LogP contribution in [0.5, 0.6) is 0 Å². The second-order valence-electron chi connectivity index (χ2n) is 6.37. The number of morpholine rings is 1.